The van der Waals surface area contributed by atoms with Crippen molar-refractivity contribution in [2.24, 2.45) is 0 Å². The van der Waals surface area contributed by atoms with Crippen LogP contribution in [0.2, 0.25) is 0 Å². The number of ketones is 1. The minimum Gasteiger partial charge on any atom is -0.497 e. The first kappa shape index (κ1) is 25.0. The third-order valence-electron chi connectivity index (χ3n) is 5.98. The van der Waals surface area contributed by atoms with Crippen molar-refractivity contribution in [2.75, 3.05) is 31.9 Å². The highest BCUT2D eigenvalue weighted by Gasteiger charge is 2.38. The quantitative estimate of drug-likeness (QED) is 0.348. The van der Waals surface area contributed by atoms with Crippen molar-refractivity contribution < 1.29 is 28.6 Å². The van der Waals surface area contributed by atoms with Crippen LogP contribution in [0.5, 0.6) is 5.75 Å². The number of carbonyl (C=O) groups excluding carboxylic acids is 3. The molecule has 186 valence electrons. The molecule has 0 spiro atoms. The van der Waals surface area contributed by atoms with Crippen molar-refractivity contribution in [2.45, 2.75) is 19.8 Å². The lowest BCUT2D eigenvalue weighted by atomic mass is 9.81. The standard InChI is InChI=1S/C27H26N2O6S/c1-5-35-27(32)19-14(2)29-25-21(20(19)15-6-8-17(9-7-15)26(31)34-4)22(28)24(36-25)23(30)16-10-12-18(33-3)13-11-16/h6-13,20,29H,5,28H2,1-4H3/t20-/m0/s1. The van der Waals surface area contributed by atoms with Crippen molar-refractivity contribution in [3.63, 3.8) is 0 Å². The molecular formula is C27H26N2O6S. The number of anilines is 2. The van der Waals surface area contributed by atoms with Gasteiger partial charge in [0.1, 0.15) is 10.6 Å². The number of allylic oxidation sites excluding steroid dienone is 1. The van der Waals surface area contributed by atoms with Gasteiger partial charge >= 0.3 is 11.9 Å². The minimum atomic E-state index is -0.597. The van der Waals surface area contributed by atoms with Crippen LogP contribution in [0.1, 0.15) is 56.5 Å². The molecule has 3 N–H and O–H groups in total. The number of esters is 2. The van der Waals surface area contributed by atoms with Crippen LogP contribution in [-0.4, -0.2) is 38.5 Å². The van der Waals surface area contributed by atoms with Gasteiger partial charge in [0.25, 0.3) is 0 Å². The summed E-state index contributed by atoms with van der Waals surface area (Å²) in [5.74, 6) is -1.13. The molecule has 0 saturated heterocycles. The van der Waals surface area contributed by atoms with Gasteiger partial charge in [0, 0.05) is 22.7 Å². The molecule has 36 heavy (non-hydrogen) atoms. The van der Waals surface area contributed by atoms with E-state index in [1.807, 2.05) is 0 Å². The Balaban J connectivity index is 1.83. The fourth-order valence-electron chi connectivity index (χ4n) is 4.22. The second kappa shape index (κ2) is 10.2. The Labute approximate surface area is 212 Å². The number of hydrogen-bond acceptors (Lipinski definition) is 9. The lowest BCUT2D eigenvalue weighted by Gasteiger charge is -2.28. The van der Waals surface area contributed by atoms with E-state index in [2.05, 4.69) is 5.32 Å². The number of fused-ring (bicyclic) bond motifs is 1. The first-order valence-corrected chi connectivity index (χ1v) is 12.1. The molecule has 2 heterocycles. The van der Waals surface area contributed by atoms with Crippen molar-refractivity contribution in [1.82, 2.24) is 0 Å². The summed E-state index contributed by atoms with van der Waals surface area (Å²) < 4.78 is 15.3. The zero-order chi connectivity index (χ0) is 26.0. The molecule has 0 unspecified atom stereocenters. The van der Waals surface area contributed by atoms with Gasteiger partial charge in [-0.05, 0) is 55.8 Å². The molecule has 1 aliphatic heterocycles. The summed E-state index contributed by atoms with van der Waals surface area (Å²) in [5.41, 5.74) is 10.1. The second-order valence-corrected chi connectivity index (χ2v) is 9.10. The average Bonchev–Trinajstić information content (AvgIpc) is 3.22. The van der Waals surface area contributed by atoms with Gasteiger partial charge in [-0.1, -0.05) is 12.1 Å². The Morgan fingerprint density at radius 2 is 1.61 bits per heavy atom. The Morgan fingerprint density at radius 3 is 2.19 bits per heavy atom. The van der Waals surface area contributed by atoms with E-state index in [0.29, 0.717) is 49.3 Å². The van der Waals surface area contributed by atoms with Gasteiger partial charge in [-0.2, -0.15) is 0 Å². The van der Waals surface area contributed by atoms with E-state index in [-0.39, 0.29) is 12.4 Å². The van der Waals surface area contributed by atoms with Crippen molar-refractivity contribution in [1.29, 1.82) is 0 Å². The summed E-state index contributed by atoms with van der Waals surface area (Å²) in [4.78, 5) is 38.7. The average molecular weight is 507 g/mol. The molecule has 0 saturated carbocycles. The molecule has 0 aliphatic carbocycles. The molecule has 8 nitrogen and oxygen atoms in total. The minimum absolute atomic E-state index is 0.205. The predicted octanol–water partition coefficient (Wildman–Crippen LogP) is 4.75. The molecular weight excluding hydrogens is 480 g/mol. The summed E-state index contributed by atoms with van der Waals surface area (Å²) in [6.45, 7) is 3.73. The van der Waals surface area contributed by atoms with E-state index < -0.39 is 17.9 Å². The zero-order valence-corrected chi connectivity index (χ0v) is 21.2. The van der Waals surface area contributed by atoms with E-state index in [0.717, 1.165) is 5.56 Å². The van der Waals surface area contributed by atoms with Gasteiger partial charge in [0.05, 0.1) is 42.7 Å². The highest BCUT2D eigenvalue weighted by molar-refractivity contribution is 7.19. The van der Waals surface area contributed by atoms with E-state index in [9.17, 15) is 14.4 Å². The first-order valence-electron chi connectivity index (χ1n) is 11.2. The number of hydrogen-bond donors (Lipinski definition) is 2. The maximum absolute atomic E-state index is 13.4. The van der Waals surface area contributed by atoms with Crippen LogP contribution in [0.25, 0.3) is 0 Å². The fraction of sp³-hybridized carbons (Fsp3) is 0.222. The monoisotopic (exact) mass is 506 g/mol. The molecule has 2 aromatic carbocycles. The molecule has 1 aliphatic rings. The molecule has 0 bridgehead atoms. The maximum atomic E-state index is 13.4. The highest BCUT2D eigenvalue weighted by Crippen LogP contribution is 2.50. The third kappa shape index (κ3) is 4.45. The molecule has 1 aromatic heterocycles. The van der Waals surface area contributed by atoms with E-state index in [1.165, 1.54) is 18.4 Å². The smallest absolute Gasteiger partial charge is 0.337 e. The van der Waals surface area contributed by atoms with Gasteiger partial charge in [0.2, 0.25) is 5.78 Å². The SMILES string of the molecule is CCOC(=O)C1=C(C)Nc2sc(C(=O)c3ccc(OC)cc3)c(N)c2[C@H]1c1ccc(C(=O)OC)cc1. The van der Waals surface area contributed by atoms with Gasteiger partial charge in [-0.3, -0.25) is 4.79 Å². The van der Waals surface area contributed by atoms with E-state index in [4.69, 9.17) is 19.9 Å². The lowest BCUT2D eigenvalue weighted by Crippen LogP contribution is -2.24. The molecule has 0 amide bonds. The van der Waals surface area contributed by atoms with Gasteiger partial charge in [0.15, 0.2) is 0 Å². The Hall–Kier alpha value is -4.11. The number of nitrogens with one attached hydrogen (secondary N) is 1. The third-order valence-corrected chi connectivity index (χ3v) is 7.12. The number of rotatable bonds is 7. The number of nitrogens with two attached hydrogens (primary N) is 1. The summed E-state index contributed by atoms with van der Waals surface area (Å²) in [6.07, 6.45) is 0. The van der Waals surface area contributed by atoms with Crippen LogP contribution in [0, 0.1) is 0 Å². The van der Waals surface area contributed by atoms with Gasteiger partial charge in [-0.25, -0.2) is 9.59 Å². The van der Waals surface area contributed by atoms with Crippen LogP contribution >= 0.6 is 11.3 Å². The van der Waals surface area contributed by atoms with E-state index in [1.54, 1.807) is 69.5 Å². The first-order chi connectivity index (χ1) is 17.3. The number of ether oxygens (including phenoxy) is 3. The van der Waals surface area contributed by atoms with Crippen LogP contribution in [-0.2, 0) is 14.3 Å². The van der Waals surface area contributed by atoms with Crippen LogP contribution in [0.4, 0.5) is 10.7 Å². The topological polar surface area (TPSA) is 117 Å². The molecule has 9 heteroatoms. The fourth-order valence-corrected chi connectivity index (χ4v) is 5.40. The number of nitrogen functional groups attached to an aromatic ring is 1. The van der Waals surface area contributed by atoms with Gasteiger partial charge < -0.3 is 25.3 Å². The summed E-state index contributed by atoms with van der Waals surface area (Å²) >= 11 is 1.24. The Morgan fingerprint density at radius 1 is 0.972 bits per heavy atom. The lowest BCUT2D eigenvalue weighted by molar-refractivity contribution is -0.138. The molecule has 0 fully saturated rings. The summed E-state index contributed by atoms with van der Waals surface area (Å²) in [7, 11) is 2.87. The molecule has 4 rings (SSSR count). The maximum Gasteiger partial charge on any atom is 0.337 e. The van der Waals surface area contributed by atoms with Gasteiger partial charge in [-0.15, -0.1) is 11.3 Å². The number of carbonyl (C=O) groups is 3. The number of benzene rings is 2. The summed E-state index contributed by atoms with van der Waals surface area (Å²) in [6, 6.07) is 13.6. The predicted molar refractivity (Wildman–Crippen MR) is 138 cm³/mol. The number of methoxy groups -OCH3 is 2. The van der Waals surface area contributed by atoms with Crippen LogP contribution in [0.3, 0.4) is 0 Å². The highest BCUT2D eigenvalue weighted by atomic mass is 32.1. The normalized spacial score (nSPS) is 14.5. The molecule has 3 aromatic rings. The Bertz CT molecular complexity index is 1360. The molecule has 0 radical (unpaired) electrons. The largest absolute Gasteiger partial charge is 0.497 e. The van der Waals surface area contributed by atoms with Crippen molar-refractivity contribution in [3.8, 4) is 5.75 Å². The second-order valence-electron chi connectivity index (χ2n) is 8.08. The van der Waals surface area contributed by atoms with Crippen LogP contribution in [0.15, 0.2) is 59.8 Å². The number of thiophene rings is 1. The molecule has 1 atom stereocenters. The van der Waals surface area contributed by atoms with Crippen molar-refractivity contribution >= 4 is 39.7 Å². The Kier molecular flexibility index (Phi) is 7.12. The zero-order valence-electron chi connectivity index (χ0n) is 20.3. The summed E-state index contributed by atoms with van der Waals surface area (Å²) in [5, 5.41) is 3.92. The van der Waals surface area contributed by atoms with Crippen LogP contribution < -0.4 is 15.8 Å². The van der Waals surface area contributed by atoms with Crippen molar-refractivity contribution in [3.05, 3.63) is 86.9 Å². The van der Waals surface area contributed by atoms with E-state index >= 15 is 0 Å².